The number of nitrogens with one attached hydrogen (secondary N) is 1. The highest BCUT2D eigenvalue weighted by Crippen LogP contribution is 2.27. The molecule has 0 bridgehead atoms. The van der Waals surface area contributed by atoms with Gasteiger partial charge in [-0.15, -0.1) is 5.10 Å². The fourth-order valence-electron chi connectivity index (χ4n) is 2.56. The van der Waals surface area contributed by atoms with Crippen molar-refractivity contribution in [3.63, 3.8) is 0 Å². The molecule has 2 heterocycles. The van der Waals surface area contributed by atoms with Gasteiger partial charge in [0.2, 0.25) is 0 Å². The zero-order valence-corrected chi connectivity index (χ0v) is 12.1. The van der Waals surface area contributed by atoms with E-state index < -0.39 is 0 Å². The van der Waals surface area contributed by atoms with Gasteiger partial charge in [-0.2, -0.15) is 0 Å². The molecule has 1 N–H and O–H groups in total. The number of hydrogen-bond donors (Lipinski definition) is 1. The molecule has 22 heavy (non-hydrogen) atoms. The van der Waals surface area contributed by atoms with Crippen LogP contribution >= 0.6 is 0 Å². The van der Waals surface area contributed by atoms with Gasteiger partial charge in [-0.05, 0) is 18.4 Å². The first kappa shape index (κ1) is 12.7. The van der Waals surface area contributed by atoms with Crippen molar-refractivity contribution >= 4 is 33.4 Å². The lowest BCUT2D eigenvalue weighted by Gasteiger charge is -2.09. The van der Waals surface area contributed by atoms with E-state index in [1.165, 1.54) is 11.7 Å². The maximum Gasteiger partial charge on any atom is 0.183 e. The second-order valence-electron chi connectivity index (χ2n) is 4.95. The van der Waals surface area contributed by atoms with Crippen LogP contribution in [0.25, 0.3) is 21.9 Å². The Hall–Kier alpha value is -3.02. The summed E-state index contributed by atoms with van der Waals surface area (Å²) in [6.45, 7) is 2.73. The van der Waals surface area contributed by atoms with Gasteiger partial charge in [-0.25, -0.2) is 14.6 Å². The molecule has 0 amide bonds. The maximum absolute atomic E-state index is 4.32. The van der Waals surface area contributed by atoms with E-state index in [-0.39, 0.29) is 0 Å². The van der Waals surface area contributed by atoms with Crippen LogP contribution in [-0.4, -0.2) is 25.0 Å². The van der Waals surface area contributed by atoms with Gasteiger partial charge in [0.05, 0.1) is 0 Å². The van der Waals surface area contributed by atoms with Crippen LogP contribution < -0.4 is 5.32 Å². The van der Waals surface area contributed by atoms with Crippen molar-refractivity contribution in [1.29, 1.82) is 0 Å². The predicted octanol–water partition coefficient (Wildman–Crippen LogP) is 3.14. The molecule has 0 radical (unpaired) electrons. The molecule has 6 heteroatoms. The number of rotatable bonds is 3. The Bertz CT molecular complexity index is 954. The molecule has 2 aromatic heterocycles. The maximum atomic E-state index is 4.32. The first-order valence-electron chi connectivity index (χ1n) is 7.16. The summed E-state index contributed by atoms with van der Waals surface area (Å²) in [6, 6.07) is 14.4. The molecule has 0 aliphatic rings. The Morgan fingerprint density at radius 3 is 2.82 bits per heavy atom. The Kier molecular flexibility index (Phi) is 2.93. The number of aromatic nitrogens is 5. The largest absolute Gasteiger partial charge is 0.338 e. The van der Waals surface area contributed by atoms with Gasteiger partial charge < -0.3 is 5.32 Å². The zero-order chi connectivity index (χ0) is 14.9. The summed E-state index contributed by atoms with van der Waals surface area (Å²) < 4.78 is 1.76. The molecule has 0 saturated heterocycles. The minimum absolute atomic E-state index is 0.668. The summed E-state index contributed by atoms with van der Waals surface area (Å²) in [5, 5.41) is 14.0. The lowest BCUT2D eigenvalue weighted by Crippen LogP contribution is -1.99. The van der Waals surface area contributed by atoms with Gasteiger partial charge in [0.1, 0.15) is 6.33 Å². The highest BCUT2D eigenvalue weighted by atomic mass is 15.4. The summed E-state index contributed by atoms with van der Waals surface area (Å²) in [4.78, 5) is 8.58. The number of hydrogen-bond acceptors (Lipinski definition) is 5. The molecule has 0 atom stereocenters. The molecule has 108 valence electrons. The van der Waals surface area contributed by atoms with Crippen LogP contribution in [0.5, 0.6) is 0 Å². The van der Waals surface area contributed by atoms with Gasteiger partial charge in [0, 0.05) is 17.6 Å². The van der Waals surface area contributed by atoms with Crippen LogP contribution in [0, 0.1) is 0 Å². The van der Waals surface area contributed by atoms with Crippen molar-refractivity contribution < 1.29 is 0 Å². The fourth-order valence-corrected chi connectivity index (χ4v) is 2.56. The Balaban J connectivity index is 1.85. The molecule has 2 aromatic carbocycles. The van der Waals surface area contributed by atoms with E-state index in [2.05, 4.69) is 43.8 Å². The predicted molar refractivity (Wildman–Crippen MR) is 86.0 cm³/mol. The summed E-state index contributed by atoms with van der Waals surface area (Å²) in [5.74, 6) is 0.668. The first-order valence-corrected chi connectivity index (χ1v) is 7.16. The molecule has 0 aliphatic carbocycles. The first-order chi connectivity index (χ1) is 10.9. The van der Waals surface area contributed by atoms with Crippen molar-refractivity contribution in [3.8, 4) is 0 Å². The monoisotopic (exact) mass is 290 g/mol. The standard InChI is InChI=1S/C16H14N6/c1-2-22-16-14(20-21-22)15(17-10-18-16)19-13-9-5-7-11-6-3-4-8-12(11)13/h3-10H,2H2,1H3,(H,17,18,19). The highest BCUT2D eigenvalue weighted by molar-refractivity contribution is 5.97. The van der Waals surface area contributed by atoms with Crippen molar-refractivity contribution in [2.24, 2.45) is 0 Å². The summed E-state index contributed by atoms with van der Waals surface area (Å²) in [5.41, 5.74) is 2.40. The van der Waals surface area contributed by atoms with Crippen molar-refractivity contribution in [2.45, 2.75) is 13.5 Å². The number of anilines is 2. The van der Waals surface area contributed by atoms with Crippen LogP contribution in [0.15, 0.2) is 48.8 Å². The average molecular weight is 290 g/mol. The van der Waals surface area contributed by atoms with Crippen molar-refractivity contribution in [3.05, 3.63) is 48.8 Å². The minimum atomic E-state index is 0.668. The van der Waals surface area contributed by atoms with Gasteiger partial charge in [0.25, 0.3) is 0 Å². The van der Waals surface area contributed by atoms with Gasteiger partial charge >= 0.3 is 0 Å². The second-order valence-corrected chi connectivity index (χ2v) is 4.95. The summed E-state index contributed by atoms with van der Waals surface area (Å²) >= 11 is 0. The summed E-state index contributed by atoms with van der Waals surface area (Å²) in [7, 11) is 0. The van der Waals surface area contributed by atoms with Crippen molar-refractivity contribution in [2.75, 3.05) is 5.32 Å². The van der Waals surface area contributed by atoms with E-state index in [0.29, 0.717) is 11.3 Å². The van der Waals surface area contributed by atoms with Gasteiger partial charge in [0.15, 0.2) is 17.0 Å². The molecule has 0 unspecified atom stereocenters. The molecule has 0 saturated carbocycles. The van der Waals surface area contributed by atoms with E-state index in [1.807, 2.05) is 31.2 Å². The summed E-state index contributed by atoms with van der Waals surface area (Å²) in [6.07, 6.45) is 1.53. The second kappa shape index (κ2) is 5.07. The number of aryl methyl sites for hydroxylation is 1. The Morgan fingerprint density at radius 2 is 1.91 bits per heavy atom. The minimum Gasteiger partial charge on any atom is -0.338 e. The van der Waals surface area contributed by atoms with Crippen LogP contribution in [0.4, 0.5) is 11.5 Å². The molecule has 0 aliphatic heterocycles. The molecular weight excluding hydrogens is 276 g/mol. The van der Waals surface area contributed by atoms with E-state index in [4.69, 9.17) is 0 Å². The molecule has 0 spiro atoms. The number of fused-ring (bicyclic) bond motifs is 2. The third-order valence-electron chi connectivity index (χ3n) is 3.64. The van der Waals surface area contributed by atoms with E-state index in [1.54, 1.807) is 4.68 Å². The third kappa shape index (κ3) is 1.96. The molecule has 6 nitrogen and oxygen atoms in total. The molecular formula is C16H14N6. The lowest BCUT2D eigenvalue weighted by molar-refractivity contribution is 0.641. The van der Waals surface area contributed by atoms with Crippen LogP contribution in [0.2, 0.25) is 0 Å². The van der Waals surface area contributed by atoms with E-state index in [9.17, 15) is 0 Å². The number of nitrogens with zero attached hydrogens (tertiary/aromatic N) is 5. The Labute approximate surface area is 126 Å². The topological polar surface area (TPSA) is 68.5 Å². The average Bonchev–Trinajstić information content (AvgIpc) is 2.99. The van der Waals surface area contributed by atoms with Gasteiger partial charge in [-0.1, -0.05) is 41.6 Å². The Morgan fingerprint density at radius 1 is 1.05 bits per heavy atom. The normalized spacial score (nSPS) is 11.1. The highest BCUT2D eigenvalue weighted by Gasteiger charge is 2.11. The van der Waals surface area contributed by atoms with Crippen molar-refractivity contribution in [1.82, 2.24) is 25.0 Å². The molecule has 4 aromatic rings. The SMILES string of the molecule is CCn1nnc2c(Nc3cccc4ccccc34)ncnc21. The van der Waals surface area contributed by atoms with Crippen LogP contribution in [-0.2, 0) is 6.54 Å². The van der Waals surface area contributed by atoms with Crippen LogP contribution in [0.3, 0.4) is 0 Å². The molecule has 0 fully saturated rings. The van der Waals surface area contributed by atoms with Crippen LogP contribution in [0.1, 0.15) is 6.92 Å². The quantitative estimate of drug-likeness (QED) is 0.627. The third-order valence-corrected chi connectivity index (χ3v) is 3.64. The van der Waals surface area contributed by atoms with E-state index in [0.717, 1.165) is 23.3 Å². The number of benzene rings is 2. The lowest BCUT2D eigenvalue weighted by atomic mass is 10.1. The molecule has 4 rings (SSSR count). The van der Waals surface area contributed by atoms with Gasteiger partial charge in [-0.3, -0.25) is 0 Å². The smallest absolute Gasteiger partial charge is 0.183 e. The fraction of sp³-hybridized carbons (Fsp3) is 0.125. The van der Waals surface area contributed by atoms with E-state index >= 15 is 0 Å². The zero-order valence-electron chi connectivity index (χ0n) is 12.1.